The van der Waals surface area contributed by atoms with Crippen molar-refractivity contribution in [2.45, 2.75) is 26.4 Å². The molecule has 166 valence electrons. The highest BCUT2D eigenvalue weighted by Gasteiger charge is 2.20. The average molecular weight is 455 g/mol. The van der Waals surface area contributed by atoms with Crippen LogP contribution in [-0.4, -0.2) is 34.2 Å². The van der Waals surface area contributed by atoms with Gasteiger partial charge in [-0.05, 0) is 30.7 Å². The topological polar surface area (TPSA) is 104 Å². The number of benzene rings is 1. The molecule has 0 atom stereocenters. The number of methoxy groups -OCH3 is 2. The van der Waals surface area contributed by atoms with Crippen LogP contribution in [0.3, 0.4) is 0 Å². The molecule has 0 saturated carbocycles. The monoisotopic (exact) mass is 454 g/mol. The Morgan fingerprint density at radius 1 is 1.16 bits per heavy atom. The highest BCUT2D eigenvalue weighted by Crippen LogP contribution is 2.30. The summed E-state index contributed by atoms with van der Waals surface area (Å²) in [6.45, 7) is 1.88. The molecule has 10 heteroatoms. The normalized spacial score (nSPS) is 11.1. The van der Waals surface area contributed by atoms with Gasteiger partial charge >= 0.3 is 5.69 Å². The smallest absolute Gasteiger partial charge is 0.332 e. The minimum Gasteiger partial charge on any atom is -0.497 e. The maximum Gasteiger partial charge on any atom is 0.332 e. The van der Waals surface area contributed by atoms with Gasteiger partial charge in [0.05, 0.1) is 25.4 Å². The van der Waals surface area contributed by atoms with Crippen LogP contribution < -0.4 is 26.0 Å². The molecule has 0 fully saturated rings. The fraction of sp³-hybridized carbons (Fsp3) is 0.273. The molecule has 3 aromatic heterocycles. The van der Waals surface area contributed by atoms with Crippen LogP contribution in [0.2, 0.25) is 0 Å². The van der Waals surface area contributed by atoms with E-state index in [2.05, 4.69) is 10.3 Å². The number of thiophene rings is 1. The van der Waals surface area contributed by atoms with Gasteiger partial charge in [0.25, 0.3) is 5.56 Å². The lowest BCUT2D eigenvalue weighted by Gasteiger charge is -2.14. The molecule has 1 N–H and O–H groups in total. The predicted molar refractivity (Wildman–Crippen MR) is 124 cm³/mol. The number of amides is 1. The van der Waals surface area contributed by atoms with Crippen molar-refractivity contribution >= 4 is 43.4 Å². The molecule has 32 heavy (non-hydrogen) atoms. The van der Waals surface area contributed by atoms with Gasteiger partial charge in [0.1, 0.15) is 27.6 Å². The second-order valence-corrected chi connectivity index (χ2v) is 8.07. The van der Waals surface area contributed by atoms with E-state index in [0.717, 1.165) is 0 Å². The van der Waals surface area contributed by atoms with Gasteiger partial charge in [-0.3, -0.25) is 18.7 Å². The van der Waals surface area contributed by atoms with Crippen molar-refractivity contribution in [2.75, 3.05) is 19.5 Å². The van der Waals surface area contributed by atoms with E-state index in [0.29, 0.717) is 44.0 Å². The van der Waals surface area contributed by atoms with E-state index in [1.54, 1.807) is 36.5 Å². The number of rotatable bonds is 7. The van der Waals surface area contributed by atoms with Crippen molar-refractivity contribution in [3.63, 3.8) is 0 Å². The van der Waals surface area contributed by atoms with E-state index in [9.17, 15) is 14.4 Å². The van der Waals surface area contributed by atoms with E-state index >= 15 is 0 Å². The number of nitrogens with zero attached hydrogens (tertiary/aromatic N) is 3. The molecule has 1 amide bonds. The maximum absolute atomic E-state index is 13.2. The summed E-state index contributed by atoms with van der Waals surface area (Å²) in [6, 6.07) is 8.55. The first-order valence-corrected chi connectivity index (χ1v) is 10.8. The Morgan fingerprint density at radius 2 is 1.97 bits per heavy atom. The summed E-state index contributed by atoms with van der Waals surface area (Å²) in [6.07, 6.45) is 2.24. The molecule has 0 aliphatic carbocycles. The fourth-order valence-corrected chi connectivity index (χ4v) is 4.68. The molecule has 0 spiro atoms. The summed E-state index contributed by atoms with van der Waals surface area (Å²) in [5.74, 6) is 0.583. The van der Waals surface area contributed by atoms with Gasteiger partial charge in [0, 0.05) is 24.2 Å². The molecule has 0 aliphatic heterocycles. The van der Waals surface area contributed by atoms with Gasteiger partial charge in [0.2, 0.25) is 5.91 Å². The van der Waals surface area contributed by atoms with E-state index in [1.165, 1.54) is 34.7 Å². The Balaban J connectivity index is 1.81. The van der Waals surface area contributed by atoms with Crippen molar-refractivity contribution in [3.05, 3.63) is 57.4 Å². The predicted octanol–water partition coefficient (Wildman–Crippen LogP) is 2.84. The van der Waals surface area contributed by atoms with Crippen LogP contribution in [0.15, 0.2) is 46.1 Å². The SMILES string of the molecule is CCCn1c(=O)c2sc3ncccc3c2n(CC(=O)Nc2ccc(OC)cc2OC)c1=O. The number of carbonyl (C=O) groups excluding carboxylic acids is 1. The molecule has 4 rings (SSSR count). The first-order valence-electron chi connectivity index (χ1n) is 10.0. The van der Waals surface area contributed by atoms with Crippen LogP contribution >= 0.6 is 11.3 Å². The molecule has 9 nitrogen and oxygen atoms in total. The Kier molecular flexibility index (Phi) is 5.95. The molecule has 0 radical (unpaired) electrons. The zero-order valence-corrected chi connectivity index (χ0v) is 18.7. The second kappa shape index (κ2) is 8.83. The average Bonchev–Trinajstić information content (AvgIpc) is 3.19. The number of pyridine rings is 1. The van der Waals surface area contributed by atoms with E-state index < -0.39 is 11.6 Å². The number of hydrogen-bond acceptors (Lipinski definition) is 7. The van der Waals surface area contributed by atoms with Crippen LogP contribution in [0.5, 0.6) is 11.5 Å². The minimum atomic E-state index is -0.523. The summed E-state index contributed by atoms with van der Waals surface area (Å²) in [5, 5.41) is 3.45. The van der Waals surface area contributed by atoms with Gasteiger partial charge in [-0.2, -0.15) is 0 Å². The molecule has 1 aromatic carbocycles. The molecule has 0 saturated heterocycles. The first-order chi connectivity index (χ1) is 15.5. The van der Waals surface area contributed by atoms with Crippen LogP contribution in [0, 0.1) is 0 Å². The lowest BCUT2D eigenvalue weighted by atomic mass is 10.2. The van der Waals surface area contributed by atoms with Crippen LogP contribution in [0.25, 0.3) is 20.4 Å². The lowest BCUT2D eigenvalue weighted by Crippen LogP contribution is -2.41. The van der Waals surface area contributed by atoms with Crippen molar-refractivity contribution in [3.8, 4) is 11.5 Å². The molecule has 0 unspecified atom stereocenters. The number of ether oxygens (including phenoxy) is 2. The quantitative estimate of drug-likeness (QED) is 0.461. The van der Waals surface area contributed by atoms with E-state index in [-0.39, 0.29) is 18.6 Å². The lowest BCUT2D eigenvalue weighted by molar-refractivity contribution is -0.116. The third-order valence-corrected chi connectivity index (χ3v) is 6.13. The van der Waals surface area contributed by atoms with Crippen molar-refractivity contribution < 1.29 is 14.3 Å². The van der Waals surface area contributed by atoms with Crippen molar-refractivity contribution in [2.24, 2.45) is 0 Å². The standard InChI is InChI=1S/C22H22N4O5S/c1-4-10-25-21(28)19-18(14-6-5-9-23-20(14)32-19)26(22(25)29)12-17(27)24-15-8-7-13(30-2)11-16(15)31-3/h5-9,11H,4,10,12H2,1-3H3,(H,24,27). The zero-order valence-electron chi connectivity index (χ0n) is 17.9. The molecule has 3 heterocycles. The largest absolute Gasteiger partial charge is 0.497 e. The Bertz CT molecular complexity index is 1440. The fourth-order valence-electron chi connectivity index (χ4n) is 3.59. The number of hydrogen-bond donors (Lipinski definition) is 1. The molecule has 0 aliphatic rings. The molecule has 4 aromatic rings. The Labute approximate surface area is 186 Å². The second-order valence-electron chi connectivity index (χ2n) is 7.08. The van der Waals surface area contributed by atoms with E-state index in [1.807, 2.05) is 6.92 Å². The van der Waals surface area contributed by atoms with Gasteiger partial charge in [-0.15, -0.1) is 11.3 Å². The number of nitrogens with one attached hydrogen (secondary N) is 1. The van der Waals surface area contributed by atoms with Crippen LogP contribution in [-0.2, 0) is 17.9 Å². The van der Waals surface area contributed by atoms with Crippen molar-refractivity contribution in [1.82, 2.24) is 14.1 Å². The third-order valence-electron chi connectivity index (χ3n) is 5.04. The van der Waals surface area contributed by atoms with Crippen LogP contribution in [0.4, 0.5) is 5.69 Å². The zero-order chi connectivity index (χ0) is 22.8. The van der Waals surface area contributed by atoms with Gasteiger partial charge in [-0.1, -0.05) is 6.92 Å². The first kappa shape index (κ1) is 21.6. The highest BCUT2D eigenvalue weighted by molar-refractivity contribution is 7.25. The Morgan fingerprint density at radius 3 is 2.69 bits per heavy atom. The molecular weight excluding hydrogens is 432 g/mol. The van der Waals surface area contributed by atoms with Crippen molar-refractivity contribution in [1.29, 1.82) is 0 Å². The van der Waals surface area contributed by atoms with Crippen LogP contribution in [0.1, 0.15) is 13.3 Å². The van der Waals surface area contributed by atoms with E-state index in [4.69, 9.17) is 9.47 Å². The Hall–Kier alpha value is -3.66. The summed E-state index contributed by atoms with van der Waals surface area (Å²) >= 11 is 1.22. The molecular formula is C22H22N4O5S. The maximum atomic E-state index is 13.2. The van der Waals surface area contributed by atoms with Gasteiger partial charge in [0.15, 0.2) is 0 Å². The summed E-state index contributed by atoms with van der Waals surface area (Å²) in [5.41, 5.74) is -0.00769. The number of anilines is 1. The summed E-state index contributed by atoms with van der Waals surface area (Å²) in [4.78, 5) is 44.1. The number of carbonyl (C=O) groups is 1. The van der Waals surface area contributed by atoms with Gasteiger partial charge in [-0.25, -0.2) is 9.78 Å². The molecule has 0 bridgehead atoms. The number of aromatic nitrogens is 3. The minimum absolute atomic E-state index is 0.267. The summed E-state index contributed by atoms with van der Waals surface area (Å²) in [7, 11) is 3.03. The highest BCUT2D eigenvalue weighted by atomic mass is 32.1. The third kappa shape index (κ3) is 3.73. The van der Waals surface area contributed by atoms with Gasteiger partial charge < -0.3 is 14.8 Å². The summed E-state index contributed by atoms with van der Waals surface area (Å²) < 4.78 is 13.4. The number of fused-ring (bicyclic) bond motifs is 3.